The van der Waals surface area contributed by atoms with E-state index in [-0.39, 0.29) is 18.2 Å². The third kappa shape index (κ3) is 3.81. The van der Waals surface area contributed by atoms with E-state index in [4.69, 9.17) is 0 Å². The number of fused-ring (bicyclic) bond motifs is 1. The number of nitrogens with zero attached hydrogens (tertiary/aromatic N) is 5. The van der Waals surface area contributed by atoms with Gasteiger partial charge in [0.1, 0.15) is 11.5 Å². The van der Waals surface area contributed by atoms with Crippen molar-refractivity contribution in [2.24, 2.45) is 0 Å². The lowest BCUT2D eigenvalue weighted by Crippen LogP contribution is -2.52. The van der Waals surface area contributed by atoms with Gasteiger partial charge < -0.3 is 15.5 Å². The maximum absolute atomic E-state index is 13.2. The molecule has 0 atom stereocenters. The fourth-order valence-corrected chi connectivity index (χ4v) is 3.15. The van der Waals surface area contributed by atoms with Gasteiger partial charge in [0.2, 0.25) is 5.95 Å². The highest BCUT2D eigenvalue weighted by atomic mass is 19.4. The van der Waals surface area contributed by atoms with Crippen molar-refractivity contribution >= 4 is 22.8 Å². The van der Waals surface area contributed by atoms with Gasteiger partial charge in [0.25, 0.3) is 0 Å². The van der Waals surface area contributed by atoms with Gasteiger partial charge in [-0.2, -0.15) is 23.1 Å². The van der Waals surface area contributed by atoms with E-state index in [1.807, 2.05) is 7.05 Å². The molecule has 0 bridgehead atoms. The van der Waals surface area contributed by atoms with Crippen molar-refractivity contribution in [1.29, 1.82) is 0 Å². The predicted molar refractivity (Wildman–Crippen MR) is 98.8 cm³/mol. The molecule has 0 saturated carbocycles. The minimum Gasteiger partial charge on any atom is -0.365 e. The Labute approximate surface area is 159 Å². The monoisotopic (exact) mass is 389 g/mol. The average molecular weight is 389 g/mol. The molecule has 1 fully saturated rings. The van der Waals surface area contributed by atoms with Gasteiger partial charge >= 0.3 is 6.18 Å². The van der Waals surface area contributed by atoms with Gasteiger partial charge in [-0.25, -0.2) is 4.98 Å². The molecule has 0 aliphatic carbocycles. The summed E-state index contributed by atoms with van der Waals surface area (Å²) in [5, 5.41) is 6.87. The quantitative estimate of drug-likeness (QED) is 0.695. The second-order valence-corrected chi connectivity index (χ2v) is 6.70. The summed E-state index contributed by atoms with van der Waals surface area (Å²) in [6.45, 7) is 1.67. The van der Waals surface area contributed by atoms with Gasteiger partial charge in [-0.15, -0.1) is 0 Å². The number of halogens is 3. The van der Waals surface area contributed by atoms with Gasteiger partial charge in [0.05, 0.1) is 11.4 Å². The first-order valence-corrected chi connectivity index (χ1v) is 8.73. The van der Waals surface area contributed by atoms with Crippen LogP contribution in [0.4, 0.5) is 24.9 Å². The number of aromatic nitrogens is 4. The SMILES string of the molecule is CN1CC(Nc2nc(NCc3cccnc3C(F)(F)F)c3cccnc3n2)C1. The fraction of sp³-hybridized carbons (Fsp3) is 0.333. The maximum atomic E-state index is 13.2. The Morgan fingerprint density at radius 1 is 1.11 bits per heavy atom. The molecule has 2 N–H and O–H groups in total. The van der Waals surface area contributed by atoms with E-state index in [0.717, 1.165) is 19.3 Å². The summed E-state index contributed by atoms with van der Waals surface area (Å²) in [7, 11) is 2.01. The summed E-state index contributed by atoms with van der Waals surface area (Å²) in [4.78, 5) is 18.7. The summed E-state index contributed by atoms with van der Waals surface area (Å²) in [6, 6.07) is 6.61. The third-order valence-corrected chi connectivity index (χ3v) is 4.47. The molecule has 1 aliphatic rings. The lowest BCUT2D eigenvalue weighted by Gasteiger charge is -2.36. The van der Waals surface area contributed by atoms with E-state index in [0.29, 0.717) is 22.8 Å². The zero-order valence-electron chi connectivity index (χ0n) is 15.0. The van der Waals surface area contributed by atoms with Crippen molar-refractivity contribution in [3.63, 3.8) is 0 Å². The third-order valence-electron chi connectivity index (χ3n) is 4.47. The highest BCUT2D eigenvalue weighted by molar-refractivity contribution is 5.87. The molecule has 4 rings (SSSR count). The van der Waals surface area contributed by atoms with Crippen LogP contribution in [0.2, 0.25) is 0 Å². The average Bonchev–Trinajstić information content (AvgIpc) is 2.64. The Kier molecular flexibility index (Phi) is 4.71. The zero-order valence-corrected chi connectivity index (χ0v) is 15.0. The van der Waals surface area contributed by atoms with Crippen LogP contribution in [0.3, 0.4) is 0 Å². The van der Waals surface area contributed by atoms with Crippen LogP contribution in [0, 0.1) is 0 Å². The van der Waals surface area contributed by atoms with Gasteiger partial charge in [0, 0.05) is 37.6 Å². The molecule has 1 saturated heterocycles. The van der Waals surface area contributed by atoms with Crippen LogP contribution in [-0.2, 0) is 12.7 Å². The first-order chi connectivity index (χ1) is 13.4. The first kappa shape index (κ1) is 18.4. The number of pyridine rings is 2. The van der Waals surface area contributed by atoms with E-state index in [2.05, 4.69) is 35.5 Å². The summed E-state index contributed by atoms with van der Waals surface area (Å²) in [6.07, 6.45) is -1.77. The van der Waals surface area contributed by atoms with Crippen LogP contribution in [-0.4, -0.2) is 51.0 Å². The Bertz CT molecular complexity index is 986. The predicted octanol–water partition coefficient (Wildman–Crippen LogP) is 2.78. The molecule has 28 heavy (non-hydrogen) atoms. The Morgan fingerprint density at radius 3 is 2.61 bits per heavy atom. The largest absolute Gasteiger partial charge is 0.433 e. The lowest BCUT2D eigenvalue weighted by molar-refractivity contribution is -0.141. The number of likely N-dealkylation sites (N-methyl/N-ethyl adjacent to an activating group) is 1. The molecule has 0 amide bonds. The number of rotatable bonds is 5. The molecule has 0 aromatic carbocycles. The number of alkyl halides is 3. The van der Waals surface area contributed by atoms with Crippen LogP contribution in [0.15, 0.2) is 36.7 Å². The van der Waals surface area contributed by atoms with E-state index >= 15 is 0 Å². The minimum absolute atomic E-state index is 0.0424. The van der Waals surface area contributed by atoms with Gasteiger partial charge in [0.15, 0.2) is 5.65 Å². The molecule has 3 aromatic rings. The molecule has 4 heterocycles. The zero-order chi connectivity index (χ0) is 19.7. The second-order valence-electron chi connectivity index (χ2n) is 6.70. The van der Waals surface area contributed by atoms with Crippen LogP contribution in [0.1, 0.15) is 11.3 Å². The highest BCUT2D eigenvalue weighted by Gasteiger charge is 2.35. The van der Waals surface area contributed by atoms with Crippen molar-refractivity contribution in [2.75, 3.05) is 30.8 Å². The smallest absolute Gasteiger partial charge is 0.365 e. The van der Waals surface area contributed by atoms with Crippen molar-refractivity contribution in [1.82, 2.24) is 24.8 Å². The van der Waals surface area contributed by atoms with E-state index in [1.165, 1.54) is 12.1 Å². The van der Waals surface area contributed by atoms with Gasteiger partial charge in [-0.3, -0.25) is 4.98 Å². The van der Waals surface area contributed by atoms with Crippen molar-refractivity contribution < 1.29 is 13.2 Å². The topological polar surface area (TPSA) is 78.9 Å². The molecule has 0 spiro atoms. The Balaban J connectivity index is 1.61. The van der Waals surface area contributed by atoms with Crippen LogP contribution in [0.5, 0.6) is 0 Å². The summed E-state index contributed by atoms with van der Waals surface area (Å²) < 4.78 is 39.5. The Hall–Kier alpha value is -3.01. The van der Waals surface area contributed by atoms with E-state index in [9.17, 15) is 13.2 Å². The second kappa shape index (κ2) is 7.19. The minimum atomic E-state index is -4.52. The normalized spacial score (nSPS) is 15.4. The summed E-state index contributed by atoms with van der Waals surface area (Å²) in [5.74, 6) is 0.819. The van der Waals surface area contributed by atoms with Gasteiger partial charge in [-0.1, -0.05) is 6.07 Å². The molecule has 0 unspecified atom stereocenters. The number of nitrogens with one attached hydrogen (secondary N) is 2. The Morgan fingerprint density at radius 2 is 1.86 bits per heavy atom. The molecule has 0 radical (unpaired) electrons. The van der Waals surface area contributed by atoms with Crippen molar-refractivity contribution in [3.8, 4) is 0 Å². The molecule has 10 heteroatoms. The number of likely N-dealkylation sites (tertiary alicyclic amines) is 1. The number of anilines is 2. The molecule has 146 valence electrons. The standard InChI is InChI=1S/C18H18F3N7/c1-28-9-12(10-28)25-17-26-15-13(5-3-7-23-15)16(27-17)24-8-11-4-2-6-22-14(11)18(19,20)21/h2-7,12H,8-10H2,1H3,(H2,23,24,25,26,27). The van der Waals surface area contributed by atoms with Crippen molar-refractivity contribution in [3.05, 3.63) is 47.9 Å². The van der Waals surface area contributed by atoms with Crippen molar-refractivity contribution in [2.45, 2.75) is 18.8 Å². The lowest BCUT2D eigenvalue weighted by atomic mass is 10.1. The molecular weight excluding hydrogens is 371 g/mol. The molecule has 7 nitrogen and oxygen atoms in total. The van der Waals surface area contributed by atoms with Crippen LogP contribution >= 0.6 is 0 Å². The molecular formula is C18H18F3N7. The van der Waals surface area contributed by atoms with E-state index in [1.54, 1.807) is 18.3 Å². The highest BCUT2D eigenvalue weighted by Crippen LogP contribution is 2.30. The first-order valence-electron chi connectivity index (χ1n) is 8.73. The number of hydrogen-bond donors (Lipinski definition) is 2. The van der Waals surface area contributed by atoms with Gasteiger partial charge in [-0.05, 0) is 25.2 Å². The number of hydrogen-bond acceptors (Lipinski definition) is 7. The summed E-state index contributed by atoms with van der Waals surface area (Å²) >= 11 is 0. The maximum Gasteiger partial charge on any atom is 0.433 e. The molecule has 1 aliphatic heterocycles. The van der Waals surface area contributed by atoms with Crippen LogP contribution in [0.25, 0.3) is 11.0 Å². The van der Waals surface area contributed by atoms with E-state index < -0.39 is 11.9 Å². The fourth-order valence-electron chi connectivity index (χ4n) is 3.15. The summed E-state index contributed by atoms with van der Waals surface area (Å²) in [5.41, 5.74) is -0.395. The molecule has 3 aromatic heterocycles. The van der Waals surface area contributed by atoms with Crippen LogP contribution < -0.4 is 10.6 Å².